The normalized spacial score (nSPS) is 11.0. The first-order valence-corrected chi connectivity index (χ1v) is 8.80. The second-order valence-corrected chi connectivity index (χ2v) is 6.13. The third-order valence-corrected chi connectivity index (χ3v) is 4.29. The van der Waals surface area contributed by atoms with E-state index in [1.165, 1.54) is 18.2 Å². The van der Waals surface area contributed by atoms with Crippen LogP contribution in [0, 0.1) is 5.82 Å². The lowest BCUT2D eigenvalue weighted by molar-refractivity contribution is 0.0997. The van der Waals surface area contributed by atoms with Gasteiger partial charge >= 0.3 is 5.69 Å². The molecule has 1 amide bonds. The summed E-state index contributed by atoms with van der Waals surface area (Å²) in [5.41, 5.74) is 5.30. The molecule has 3 N–H and O–H groups in total. The van der Waals surface area contributed by atoms with E-state index in [9.17, 15) is 14.0 Å². The van der Waals surface area contributed by atoms with Gasteiger partial charge in [-0.2, -0.15) is 0 Å². The van der Waals surface area contributed by atoms with Crippen LogP contribution < -0.4 is 16.2 Å². The second-order valence-electron chi connectivity index (χ2n) is 6.13. The number of hydrogen-bond acceptors (Lipinski definition) is 5. The smallest absolute Gasteiger partial charge is 0.332 e. The number of carbonyl (C=O) groups is 1. The van der Waals surface area contributed by atoms with Gasteiger partial charge in [0.05, 0.1) is 12.3 Å². The molecule has 0 unspecified atom stereocenters. The van der Waals surface area contributed by atoms with Crippen molar-refractivity contribution in [3.63, 3.8) is 0 Å². The van der Waals surface area contributed by atoms with E-state index in [0.29, 0.717) is 17.9 Å². The van der Waals surface area contributed by atoms with Crippen molar-refractivity contribution in [2.24, 2.45) is 5.73 Å². The van der Waals surface area contributed by atoms with Crippen LogP contribution in [0.2, 0.25) is 0 Å². The zero-order chi connectivity index (χ0) is 20.5. The van der Waals surface area contributed by atoms with Crippen molar-refractivity contribution in [1.29, 1.82) is 0 Å². The van der Waals surface area contributed by atoms with E-state index in [2.05, 4.69) is 15.0 Å². The molecule has 29 heavy (non-hydrogen) atoms. The average molecular weight is 393 g/mol. The van der Waals surface area contributed by atoms with E-state index in [1.807, 2.05) is 6.92 Å². The Labute approximate surface area is 163 Å². The van der Waals surface area contributed by atoms with Crippen molar-refractivity contribution in [3.05, 3.63) is 70.5 Å². The number of H-pyrrole nitrogens is 1. The summed E-state index contributed by atoms with van der Waals surface area (Å²) < 4.78 is 20.8. The zero-order valence-corrected chi connectivity index (χ0v) is 15.3. The second kappa shape index (κ2) is 7.19. The Kier molecular flexibility index (Phi) is 4.55. The van der Waals surface area contributed by atoms with Gasteiger partial charge in [0.2, 0.25) is 0 Å². The Balaban J connectivity index is 1.98. The van der Waals surface area contributed by atoms with Crippen molar-refractivity contribution in [2.75, 3.05) is 6.61 Å². The highest BCUT2D eigenvalue weighted by Crippen LogP contribution is 2.24. The Morgan fingerprint density at radius 3 is 2.55 bits per heavy atom. The standard InChI is InChI=1S/C20H16FN5O3/c1-2-29-12-9-7-11(8-10-12)18-23-15(17(22)27)16-19(25-18)26(20(28)24-16)14-6-4-3-5-13(14)21/h3-10H,2H2,1H3,(H2,22,27)(H,24,28). The maximum absolute atomic E-state index is 14.3. The topological polar surface area (TPSA) is 116 Å². The molecular weight excluding hydrogens is 377 g/mol. The molecule has 0 spiro atoms. The number of imidazole rings is 1. The fourth-order valence-corrected chi connectivity index (χ4v) is 3.02. The summed E-state index contributed by atoms with van der Waals surface area (Å²) in [6.45, 7) is 2.39. The summed E-state index contributed by atoms with van der Waals surface area (Å²) in [6.07, 6.45) is 0. The van der Waals surface area contributed by atoms with Crippen molar-refractivity contribution >= 4 is 17.1 Å². The lowest BCUT2D eigenvalue weighted by Gasteiger charge is -2.08. The van der Waals surface area contributed by atoms with E-state index in [0.717, 1.165) is 4.57 Å². The Bertz CT molecular complexity index is 1280. The molecule has 0 aliphatic carbocycles. The van der Waals surface area contributed by atoms with Gasteiger partial charge in [-0.15, -0.1) is 0 Å². The Morgan fingerprint density at radius 1 is 1.17 bits per heavy atom. The van der Waals surface area contributed by atoms with Gasteiger partial charge in [-0.05, 0) is 43.3 Å². The number of nitrogens with one attached hydrogen (secondary N) is 1. The minimum absolute atomic E-state index is 0.00415. The van der Waals surface area contributed by atoms with E-state index in [4.69, 9.17) is 10.5 Å². The number of ether oxygens (including phenoxy) is 1. The summed E-state index contributed by atoms with van der Waals surface area (Å²) in [7, 11) is 0. The van der Waals surface area contributed by atoms with Gasteiger partial charge in [-0.1, -0.05) is 12.1 Å². The number of primary amides is 1. The molecule has 4 rings (SSSR count). The molecule has 8 nitrogen and oxygen atoms in total. The number of para-hydroxylation sites is 1. The van der Waals surface area contributed by atoms with Gasteiger partial charge in [0.15, 0.2) is 17.2 Å². The van der Waals surface area contributed by atoms with Crippen LogP contribution in [0.1, 0.15) is 17.4 Å². The number of benzene rings is 2. The molecule has 4 aromatic rings. The van der Waals surface area contributed by atoms with Crippen LogP contribution in [0.5, 0.6) is 5.75 Å². The molecule has 0 atom stereocenters. The van der Waals surface area contributed by atoms with Crippen molar-refractivity contribution in [1.82, 2.24) is 19.5 Å². The summed E-state index contributed by atoms with van der Waals surface area (Å²) >= 11 is 0. The predicted octanol–water partition coefficient (Wildman–Crippen LogP) is 2.41. The molecule has 0 fully saturated rings. The molecule has 0 bridgehead atoms. The number of aromatic nitrogens is 4. The molecule has 0 saturated heterocycles. The Morgan fingerprint density at radius 2 is 1.90 bits per heavy atom. The first kappa shape index (κ1) is 18.4. The van der Waals surface area contributed by atoms with Crippen molar-refractivity contribution in [2.45, 2.75) is 6.92 Å². The highest BCUT2D eigenvalue weighted by Gasteiger charge is 2.21. The number of nitrogens with zero attached hydrogens (tertiary/aromatic N) is 3. The number of halogens is 1. The van der Waals surface area contributed by atoms with Crippen LogP contribution in [0.15, 0.2) is 53.3 Å². The molecule has 2 aromatic carbocycles. The maximum atomic E-state index is 14.3. The largest absolute Gasteiger partial charge is 0.494 e. The Hall–Kier alpha value is -4.01. The number of aromatic amines is 1. The lowest BCUT2D eigenvalue weighted by Crippen LogP contribution is -2.16. The number of amides is 1. The number of nitrogens with two attached hydrogens (primary N) is 1. The molecular formula is C20H16FN5O3. The third-order valence-electron chi connectivity index (χ3n) is 4.29. The van der Waals surface area contributed by atoms with Crippen LogP contribution in [0.4, 0.5) is 4.39 Å². The third kappa shape index (κ3) is 3.22. The number of rotatable bonds is 5. The molecule has 146 valence electrons. The molecule has 2 heterocycles. The van der Waals surface area contributed by atoms with Gasteiger partial charge in [0, 0.05) is 5.56 Å². The molecule has 0 radical (unpaired) electrons. The van der Waals surface area contributed by atoms with Gasteiger partial charge < -0.3 is 15.5 Å². The predicted molar refractivity (Wildman–Crippen MR) is 105 cm³/mol. The zero-order valence-electron chi connectivity index (χ0n) is 15.3. The highest BCUT2D eigenvalue weighted by molar-refractivity contribution is 6.02. The quantitative estimate of drug-likeness (QED) is 0.540. The SMILES string of the molecule is CCOc1ccc(-c2nc(C(N)=O)c3[nH]c(=O)n(-c4ccccc4F)c3n2)cc1. The summed E-state index contributed by atoms with van der Waals surface area (Å²) in [6, 6.07) is 12.7. The van der Waals surface area contributed by atoms with Crippen LogP contribution in [-0.2, 0) is 0 Å². The number of hydrogen-bond donors (Lipinski definition) is 2. The van der Waals surface area contributed by atoms with E-state index < -0.39 is 17.4 Å². The van der Waals surface area contributed by atoms with Gasteiger partial charge in [-0.25, -0.2) is 23.7 Å². The number of fused-ring (bicyclic) bond motifs is 1. The minimum atomic E-state index is -0.841. The van der Waals surface area contributed by atoms with Gasteiger partial charge in [0.1, 0.15) is 17.1 Å². The first-order chi connectivity index (χ1) is 14.0. The molecule has 0 aliphatic rings. The highest BCUT2D eigenvalue weighted by atomic mass is 19.1. The fourth-order valence-electron chi connectivity index (χ4n) is 3.02. The van der Waals surface area contributed by atoms with Crippen LogP contribution >= 0.6 is 0 Å². The summed E-state index contributed by atoms with van der Waals surface area (Å²) in [4.78, 5) is 35.6. The van der Waals surface area contributed by atoms with Crippen molar-refractivity contribution in [3.8, 4) is 22.8 Å². The molecule has 0 aliphatic heterocycles. The van der Waals surface area contributed by atoms with Gasteiger partial charge in [0.25, 0.3) is 5.91 Å². The maximum Gasteiger partial charge on any atom is 0.332 e. The van der Waals surface area contributed by atoms with Crippen LogP contribution in [0.3, 0.4) is 0 Å². The fraction of sp³-hybridized carbons (Fsp3) is 0.100. The molecule has 9 heteroatoms. The monoisotopic (exact) mass is 393 g/mol. The van der Waals surface area contributed by atoms with Crippen LogP contribution in [-0.4, -0.2) is 32.0 Å². The van der Waals surface area contributed by atoms with E-state index in [1.54, 1.807) is 30.3 Å². The minimum Gasteiger partial charge on any atom is -0.494 e. The molecule has 2 aromatic heterocycles. The van der Waals surface area contributed by atoms with Gasteiger partial charge in [-0.3, -0.25) is 4.79 Å². The summed E-state index contributed by atoms with van der Waals surface area (Å²) in [5, 5.41) is 0. The van der Waals surface area contributed by atoms with E-state index >= 15 is 0 Å². The lowest BCUT2D eigenvalue weighted by atomic mass is 10.2. The van der Waals surface area contributed by atoms with Crippen molar-refractivity contribution < 1.29 is 13.9 Å². The van der Waals surface area contributed by atoms with E-state index in [-0.39, 0.29) is 28.4 Å². The summed E-state index contributed by atoms with van der Waals surface area (Å²) in [5.74, 6) is -0.625. The average Bonchev–Trinajstić information content (AvgIpc) is 3.04. The van der Waals surface area contributed by atoms with Crippen LogP contribution in [0.25, 0.3) is 28.2 Å². The first-order valence-electron chi connectivity index (χ1n) is 8.80. The number of carbonyl (C=O) groups excluding carboxylic acids is 1. The molecule has 0 saturated carbocycles.